The standard InChI is InChI=1S/C13H22N2OS/c1-9-10(2)17-13(15-9)8-14-7-11-5-3-4-6-12(11)16/h11-12,14,16H,3-8H2,1-2H3. The lowest BCUT2D eigenvalue weighted by Gasteiger charge is -2.27. The number of hydrogen-bond donors (Lipinski definition) is 2. The number of aromatic nitrogens is 1. The van der Waals surface area contributed by atoms with Gasteiger partial charge in [-0.15, -0.1) is 11.3 Å². The molecule has 3 nitrogen and oxygen atoms in total. The molecule has 1 aliphatic rings. The number of hydrogen-bond acceptors (Lipinski definition) is 4. The summed E-state index contributed by atoms with van der Waals surface area (Å²) >= 11 is 1.77. The van der Waals surface area contributed by atoms with Crippen LogP contribution in [0, 0.1) is 19.8 Å². The summed E-state index contributed by atoms with van der Waals surface area (Å²) in [4.78, 5) is 5.81. The van der Waals surface area contributed by atoms with E-state index in [9.17, 15) is 5.11 Å². The fourth-order valence-corrected chi connectivity index (χ4v) is 3.31. The summed E-state index contributed by atoms with van der Waals surface area (Å²) in [5, 5.41) is 14.4. The summed E-state index contributed by atoms with van der Waals surface area (Å²) in [6.45, 7) is 5.92. The van der Waals surface area contributed by atoms with Gasteiger partial charge in [-0.1, -0.05) is 12.8 Å². The van der Waals surface area contributed by atoms with Crippen LogP contribution in [-0.2, 0) is 6.54 Å². The number of rotatable bonds is 4. The molecule has 0 spiro atoms. The Morgan fingerprint density at radius 3 is 2.76 bits per heavy atom. The fraction of sp³-hybridized carbons (Fsp3) is 0.769. The SMILES string of the molecule is Cc1nc(CNCC2CCCCC2O)sc1C. The van der Waals surface area contributed by atoms with Crippen molar-refractivity contribution in [1.82, 2.24) is 10.3 Å². The second kappa shape index (κ2) is 5.94. The molecular formula is C13H22N2OS. The van der Waals surface area contributed by atoms with Crippen molar-refractivity contribution < 1.29 is 5.11 Å². The molecule has 96 valence electrons. The summed E-state index contributed by atoms with van der Waals surface area (Å²) in [6, 6.07) is 0. The molecule has 0 aliphatic heterocycles. The van der Waals surface area contributed by atoms with Gasteiger partial charge in [0.2, 0.25) is 0 Å². The highest BCUT2D eigenvalue weighted by Gasteiger charge is 2.22. The maximum atomic E-state index is 9.86. The molecule has 0 saturated heterocycles. The summed E-state index contributed by atoms with van der Waals surface area (Å²) in [5.74, 6) is 0.436. The number of nitrogens with zero attached hydrogens (tertiary/aromatic N) is 1. The first-order valence-corrected chi connectivity index (χ1v) is 7.30. The Hall–Kier alpha value is -0.450. The zero-order valence-corrected chi connectivity index (χ0v) is 11.5. The van der Waals surface area contributed by atoms with E-state index in [0.717, 1.165) is 36.6 Å². The van der Waals surface area contributed by atoms with Crippen molar-refractivity contribution in [1.29, 1.82) is 0 Å². The highest BCUT2D eigenvalue weighted by atomic mass is 32.1. The van der Waals surface area contributed by atoms with E-state index >= 15 is 0 Å². The zero-order valence-electron chi connectivity index (χ0n) is 10.7. The number of nitrogens with one attached hydrogen (secondary N) is 1. The average molecular weight is 254 g/mol. The minimum absolute atomic E-state index is 0.101. The molecule has 1 heterocycles. The van der Waals surface area contributed by atoms with Crippen molar-refractivity contribution in [2.24, 2.45) is 5.92 Å². The van der Waals surface area contributed by atoms with Crippen molar-refractivity contribution in [3.05, 3.63) is 15.6 Å². The number of aryl methyl sites for hydroxylation is 2. The highest BCUT2D eigenvalue weighted by Crippen LogP contribution is 2.24. The monoisotopic (exact) mass is 254 g/mol. The molecule has 1 aliphatic carbocycles. The van der Waals surface area contributed by atoms with Gasteiger partial charge in [0.25, 0.3) is 0 Å². The van der Waals surface area contributed by atoms with Gasteiger partial charge in [0.05, 0.1) is 11.8 Å². The Morgan fingerprint density at radius 2 is 2.12 bits per heavy atom. The van der Waals surface area contributed by atoms with Gasteiger partial charge < -0.3 is 10.4 Å². The summed E-state index contributed by atoms with van der Waals surface area (Å²) in [6.07, 6.45) is 4.48. The van der Waals surface area contributed by atoms with Crippen molar-refractivity contribution in [2.45, 2.75) is 52.2 Å². The second-order valence-electron chi connectivity index (χ2n) is 4.99. The van der Waals surface area contributed by atoms with Gasteiger partial charge in [-0.05, 0) is 32.6 Å². The molecule has 0 radical (unpaired) electrons. The quantitative estimate of drug-likeness (QED) is 0.867. The van der Waals surface area contributed by atoms with Crippen LogP contribution < -0.4 is 5.32 Å². The van der Waals surface area contributed by atoms with E-state index in [1.54, 1.807) is 11.3 Å². The first kappa shape index (κ1) is 13.0. The number of thiazole rings is 1. The van der Waals surface area contributed by atoms with Crippen LogP contribution in [0.3, 0.4) is 0 Å². The highest BCUT2D eigenvalue weighted by molar-refractivity contribution is 7.11. The first-order chi connectivity index (χ1) is 8.16. The molecule has 1 aromatic heterocycles. The second-order valence-corrected chi connectivity index (χ2v) is 6.28. The van der Waals surface area contributed by atoms with Gasteiger partial charge >= 0.3 is 0 Å². The van der Waals surface area contributed by atoms with Gasteiger partial charge in [-0.2, -0.15) is 0 Å². The first-order valence-electron chi connectivity index (χ1n) is 6.48. The van der Waals surface area contributed by atoms with Gasteiger partial charge in [-0.3, -0.25) is 0 Å². The van der Waals surface area contributed by atoms with E-state index in [1.807, 2.05) is 0 Å². The van der Waals surface area contributed by atoms with Gasteiger partial charge in [0, 0.05) is 18.0 Å². The minimum atomic E-state index is -0.101. The lowest BCUT2D eigenvalue weighted by Crippen LogP contribution is -2.33. The summed E-state index contributed by atoms with van der Waals surface area (Å²) < 4.78 is 0. The molecule has 4 heteroatoms. The van der Waals surface area contributed by atoms with Crippen molar-refractivity contribution in [2.75, 3.05) is 6.54 Å². The molecule has 0 bridgehead atoms. The summed E-state index contributed by atoms with van der Waals surface area (Å²) in [5.41, 5.74) is 1.14. The third-order valence-electron chi connectivity index (χ3n) is 3.62. The molecule has 0 aromatic carbocycles. The topological polar surface area (TPSA) is 45.2 Å². The number of aliphatic hydroxyl groups excluding tert-OH is 1. The lowest BCUT2D eigenvalue weighted by molar-refractivity contribution is 0.0695. The van der Waals surface area contributed by atoms with Crippen LogP contribution in [0.2, 0.25) is 0 Å². The van der Waals surface area contributed by atoms with Crippen LogP contribution in [0.25, 0.3) is 0 Å². The van der Waals surface area contributed by atoms with Crippen molar-refractivity contribution >= 4 is 11.3 Å². The predicted molar refractivity (Wildman–Crippen MR) is 71.3 cm³/mol. The van der Waals surface area contributed by atoms with Crippen molar-refractivity contribution in [3.63, 3.8) is 0 Å². The Balaban J connectivity index is 1.75. The van der Waals surface area contributed by atoms with Gasteiger partial charge in [0.1, 0.15) is 5.01 Å². The van der Waals surface area contributed by atoms with Gasteiger partial charge in [0.15, 0.2) is 0 Å². The van der Waals surface area contributed by atoms with E-state index in [2.05, 4.69) is 24.1 Å². The third-order valence-corrected chi connectivity index (χ3v) is 4.70. The largest absolute Gasteiger partial charge is 0.393 e. The van der Waals surface area contributed by atoms with Crippen molar-refractivity contribution in [3.8, 4) is 0 Å². The van der Waals surface area contributed by atoms with E-state index < -0.39 is 0 Å². The third kappa shape index (κ3) is 3.50. The Kier molecular flexibility index (Phi) is 4.54. The molecule has 17 heavy (non-hydrogen) atoms. The molecule has 1 saturated carbocycles. The van der Waals surface area contributed by atoms with E-state index in [1.165, 1.54) is 17.7 Å². The molecular weight excluding hydrogens is 232 g/mol. The smallest absolute Gasteiger partial charge is 0.107 e. The van der Waals surface area contributed by atoms with Crippen LogP contribution in [0.1, 0.15) is 41.3 Å². The van der Waals surface area contributed by atoms with Crippen LogP contribution >= 0.6 is 11.3 Å². The molecule has 2 unspecified atom stereocenters. The zero-order chi connectivity index (χ0) is 12.3. The minimum Gasteiger partial charge on any atom is -0.393 e. The Morgan fingerprint density at radius 1 is 1.35 bits per heavy atom. The van der Waals surface area contributed by atoms with Gasteiger partial charge in [-0.25, -0.2) is 4.98 Å². The van der Waals surface area contributed by atoms with Crippen LogP contribution in [0.5, 0.6) is 0 Å². The van der Waals surface area contributed by atoms with E-state index in [0.29, 0.717) is 5.92 Å². The Bertz CT molecular complexity index is 345. The van der Waals surface area contributed by atoms with Crippen LogP contribution in [0.15, 0.2) is 0 Å². The van der Waals surface area contributed by atoms with E-state index in [-0.39, 0.29) is 6.10 Å². The summed E-state index contributed by atoms with van der Waals surface area (Å²) in [7, 11) is 0. The normalized spacial score (nSPS) is 25.1. The molecule has 1 fully saturated rings. The predicted octanol–water partition coefficient (Wildman–Crippen LogP) is 2.40. The van der Waals surface area contributed by atoms with E-state index in [4.69, 9.17) is 0 Å². The fourth-order valence-electron chi connectivity index (χ4n) is 2.41. The maximum Gasteiger partial charge on any atom is 0.107 e. The molecule has 0 amide bonds. The Labute approximate surface area is 107 Å². The number of aliphatic hydroxyl groups is 1. The molecule has 1 aromatic rings. The maximum absolute atomic E-state index is 9.86. The van der Waals surface area contributed by atoms with Crippen LogP contribution in [-0.4, -0.2) is 22.7 Å². The average Bonchev–Trinajstić information content (AvgIpc) is 2.61. The lowest BCUT2D eigenvalue weighted by atomic mass is 9.86. The van der Waals surface area contributed by atoms with Crippen LogP contribution in [0.4, 0.5) is 0 Å². The molecule has 2 rings (SSSR count). The molecule has 2 N–H and O–H groups in total. The molecule has 2 atom stereocenters.